The molecule has 2 aromatic rings. The van der Waals surface area contributed by atoms with Crippen molar-refractivity contribution in [3.8, 4) is 11.5 Å². The summed E-state index contributed by atoms with van der Waals surface area (Å²) < 4.78 is 5.08. The summed E-state index contributed by atoms with van der Waals surface area (Å²) in [5, 5.41) is 10.4. The molecule has 0 aromatic carbocycles. The lowest BCUT2D eigenvalue weighted by Crippen LogP contribution is -2.02. The number of H-pyrrole nitrogens is 1. The smallest absolute Gasteiger partial charge is 0.187 e. The highest BCUT2D eigenvalue weighted by molar-refractivity contribution is 5.55. The second-order valence-corrected chi connectivity index (χ2v) is 2.69. The Kier molecular flexibility index (Phi) is 2.09. The maximum Gasteiger partial charge on any atom is 0.187 e. The molecule has 5 nitrogen and oxygen atoms in total. The Balaban J connectivity index is 2.35. The van der Waals surface area contributed by atoms with E-state index in [2.05, 4.69) is 15.4 Å². The zero-order chi connectivity index (χ0) is 9.10. The molecule has 13 heavy (non-hydrogen) atoms. The average molecular weight is 178 g/mol. The maximum absolute atomic E-state index is 5.45. The van der Waals surface area contributed by atoms with Crippen LogP contribution in [0, 0.1) is 0 Å². The van der Waals surface area contributed by atoms with Gasteiger partial charge >= 0.3 is 0 Å². The van der Waals surface area contributed by atoms with Gasteiger partial charge in [-0.25, -0.2) is 0 Å². The summed E-state index contributed by atoms with van der Waals surface area (Å²) in [4.78, 5) is 0. The SMILES string of the molecule is NCCc1cnoc1-c1ccn[nH]1. The van der Waals surface area contributed by atoms with Crippen molar-refractivity contribution in [2.75, 3.05) is 6.54 Å². The molecule has 2 rings (SSSR count). The van der Waals surface area contributed by atoms with E-state index in [1.165, 1.54) is 0 Å². The molecule has 0 spiro atoms. The Morgan fingerprint density at radius 2 is 2.46 bits per heavy atom. The van der Waals surface area contributed by atoms with Crippen LogP contribution in [0.25, 0.3) is 11.5 Å². The highest BCUT2D eigenvalue weighted by Gasteiger charge is 2.10. The summed E-state index contributed by atoms with van der Waals surface area (Å²) in [7, 11) is 0. The number of nitrogens with two attached hydrogens (primary N) is 1. The van der Waals surface area contributed by atoms with Crippen molar-refractivity contribution in [3.63, 3.8) is 0 Å². The molecule has 68 valence electrons. The fourth-order valence-corrected chi connectivity index (χ4v) is 1.20. The lowest BCUT2D eigenvalue weighted by molar-refractivity contribution is 0.430. The van der Waals surface area contributed by atoms with Gasteiger partial charge in [0, 0.05) is 11.8 Å². The number of nitrogens with zero attached hydrogens (tertiary/aromatic N) is 2. The highest BCUT2D eigenvalue weighted by Crippen LogP contribution is 2.20. The maximum atomic E-state index is 5.45. The van der Waals surface area contributed by atoms with Crippen molar-refractivity contribution in [2.24, 2.45) is 5.73 Å². The molecule has 0 radical (unpaired) electrons. The average Bonchev–Trinajstić information content (AvgIpc) is 2.71. The summed E-state index contributed by atoms with van der Waals surface area (Å²) in [6.45, 7) is 0.586. The Hall–Kier alpha value is -1.62. The molecule has 5 heteroatoms. The van der Waals surface area contributed by atoms with E-state index in [0.717, 1.165) is 23.4 Å². The van der Waals surface area contributed by atoms with Gasteiger partial charge in [-0.2, -0.15) is 5.10 Å². The molecule has 2 aromatic heterocycles. The summed E-state index contributed by atoms with van der Waals surface area (Å²) in [6, 6.07) is 1.83. The van der Waals surface area contributed by atoms with E-state index in [4.69, 9.17) is 10.3 Å². The lowest BCUT2D eigenvalue weighted by atomic mass is 10.1. The van der Waals surface area contributed by atoms with E-state index in [-0.39, 0.29) is 0 Å². The Morgan fingerprint density at radius 1 is 1.54 bits per heavy atom. The zero-order valence-corrected chi connectivity index (χ0v) is 7.03. The molecule has 2 heterocycles. The van der Waals surface area contributed by atoms with Crippen LogP contribution in [0.5, 0.6) is 0 Å². The van der Waals surface area contributed by atoms with E-state index >= 15 is 0 Å². The van der Waals surface area contributed by atoms with Crippen molar-refractivity contribution < 1.29 is 4.52 Å². The van der Waals surface area contributed by atoms with Crippen LogP contribution in [0.3, 0.4) is 0 Å². The highest BCUT2D eigenvalue weighted by atomic mass is 16.5. The van der Waals surface area contributed by atoms with Gasteiger partial charge in [0.1, 0.15) is 5.69 Å². The van der Waals surface area contributed by atoms with Gasteiger partial charge in [0.05, 0.1) is 6.20 Å². The van der Waals surface area contributed by atoms with E-state index in [1.54, 1.807) is 12.4 Å². The molecule has 0 aliphatic carbocycles. The summed E-state index contributed by atoms with van der Waals surface area (Å²) >= 11 is 0. The second-order valence-electron chi connectivity index (χ2n) is 2.69. The number of nitrogens with one attached hydrogen (secondary N) is 1. The monoisotopic (exact) mass is 178 g/mol. The third-order valence-electron chi connectivity index (χ3n) is 1.80. The first-order valence-electron chi connectivity index (χ1n) is 4.05. The minimum absolute atomic E-state index is 0.586. The number of hydrogen-bond donors (Lipinski definition) is 2. The lowest BCUT2D eigenvalue weighted by Gasteiger charge is -1.94. The van der Waals surface area contributed by atoms with Gasteiger partial charge in [0.15, 0.2) is 5.76 Å². The van der Waals surface area contributed by atoms with Crippen molar-refractivity contribution in [3.05, 3.63) is 24.0 Å². The summed E-state index contributed by atoms with van der Waals surface area (Å²) in [6.07, 6.45) is 4.12. The predicted molar refractivity (Wildman–Crippen MR) is 46.8 cm³/mol. The van der Waals surface area contributed by atoms with Crippen LogP contribution in [0.1, 0.15) is 5.56 Å². The number of aromatic amines is 1. The minimum atomic E-state index is 0.586. The minimum Gasteiger partial charge on any atom is -0.354 e. The van der Waals surface area contributed by atoms with Gasteiger partial charge < -0.3 is 10.3 Å². The normalized spacial score (nSPS) is 10.5. The van der Waals surface area contributed by atoms with E-state index in [1.807, 2.05) is 6.07 Å². The van der Waals surface area contributed by atoms with Crippen molar-refractivity contribution >= 4 is 0 Å². The third-order valence-corrected chi connectivity index (χ3v) is 1.80. The fourth-order valence-electron chi connectivity index (χ4n) is 1.20. The van der Waals surface area contributed by atoms with Crippen LogP contribution in [0.2, 0.25) is 0 Å². The molecular formula is C8H10N4O. The summed E-state index contributed by atoms with van der Waals surface area (Å²) in [5.74, 6) is 0.725. The van der Waals surface area contributed by atoms with Crippen molar-refractivity contribution in [1.82, 2.24) is 15.4 Å². The van der Waals surface area contributed by atoms with E-state index < -0.39 is 0 Å². The largest absolute Gasteiger partial charge is 0.354 e. The molecule has 0 atom stereocenters. The number of aromatic nitrogens is 3. The molecule has 0 saturated carbocycles. The summed E-state index contributed by atoms with van der Waals surface area (Å²) in [5.41, 5.74) is 7.29. The van der Waals surface area contributed by atoms with E-state index in [9.17, 15) is 0 Å². The second kappa shape index (κ2) is 3.40. The van der Waals surface area contributed by atoms with Crippen LogP contribution in [0.4, 0.5) is 0 Å². The fraction of sp³-hybridized carbons (Fsp3) is 0.250. The van der Waals surface area contributed by atoms with Crippen LogP contribution in [0.15, 0.2) is 23.0 Å². The molecule has 3 N–H and O–H groups in total. The van der Waals surface area contributed by atoms with Gasteiger partial charge in [0.2, 0.25) is 0 Å². The number of hydrogen-bond acceptors (Lipinski definition) is 4. The molecular weight excluding hydrogens is 168 g/mol. The van der Waals surface area contributed by atoms with Crippen LogP contribution in [-0.2, 0) is 6.42 Å². The van der Waals surface area contributed by atoms with Crippen molar-refractivity contribution in [2.45, 2.75) is 6.42 Å². The van der Waals surface area contributed by atoms with Gasteiger partial charge in [-0.15, -0.1) is 0 Å². The Bertz CT molecular complexity index is 365. The number of rotatable bonds is 3. The zero-order valence-electron chi connectivity index (χ0n) is 7.03. The topological polar surface area (TPSA) is 80.7 Å². The van der Waals surface area contributed by atoms with Crippen LogP contribution < -0.4 is 5.73 Å². The van der Waals surface area contributed by atoms with Gasteiger partial charge in [-0.1, -0.05) is 5.16 Å². The standard InChI is InChI=1S/C8H10N4O/c9-3-1-6-5-11-13-8(6)7-2-4-10-12-7/h2,4-5H,1,3,9H2,(H,10,12). The third kappa shape index (κ3) is 1.46. The first kappa shape index (κ1) is 8.00. The van der Waals surface area contributed by atoms with Crippen LogP contribution >= 0.6 is 0 Å². The van der Waals surface area contributed by atoms with E-state index in [0.29, 0.717) is 6.54 Å². The van der Waals surface area contributed by atoms with Crippen molar-refractivity contribution in [1.29, 1.82) is 0 Å². The van der Waals surface area contributed by atoms with Crippen LogP contribution in [-0.4, -0.2) is 21.9 Å². The molecule has 0 aliphatic rings. The molecule has 0 fully saturated rings. The Morgan fingerprint density at radius 3 is 3.15 bits per heavy atom. The first-order chi connectivity index (χ1) is 6.42. The van der Waals surface area contributed by atoms with Gasteiger partial charge in [-0.05, 0) is 19.0 Å². The quantitative estimate of drug-likeness (QED) is 0.719. The van der Waals surface area contributed by atoms with Gasteiger partial charge in [0.25, 0.3) is 0 Å². The molecule has 0 bridgehead atoms. The predicted octanol–water partition coefficient (Wildman–Crippen LogP) is 0.566. The molecule has 0 amide bonds. The molecule has 0 saturated heterocycles. The molecule has 0 unspecified atom stereocenters. The molecule has 0 aliphatic heterocycles. The van der Waals surface area contributed by atoms with Gasteiger partial charge in [-0.3, -0.25) is 5.10 Å². The Labute approximate surface area is 74.9 Å². The first-order valence-corrected chi connectivity index (χ1v) is 4.05.